The fourth-order valence-electron chi connectivity index (χ4n) is 1.94. The maximum atomic E-state index is 13.0. The van der Waals surface area contributed by atoms with Crippen molar-refractivity contribution in [3.63, 3.8) is 0 Å². The van der Waals surface area contributed by atoms with E-state index in [1.165, 1.54) is 25.3 Å². The Bertz CT molecular complexity index is 771. The third-order valence-electron chi connectivity index (χ3n) is 3.00. The number of alkyl halides is 3. The van der Waals surface area contributed by atoms with Gasteiger partial charge in [-0.05, 0) is 30.3 Å². The Kier molecular flexibility index (Phi) is 5.52. The summed E-state index contributed by atoms with van der Waals surface area (Å²) in [7, 11) is 1.34. The first-order valence-electron chi connectivity index (χ1n) is 6.34. The van der Waals surface area contributed by atoms with Crippen LogP contribution in [0.2, 0.25) is 15.1 Å². The van der Waals surface area contributed by atoms with Crippen molar-refractivity contribution >= 4 is 46.4 Å². The molecule has 0 atom stereocenters. The van der Waals surface area contributed by atoms with E-state index in [9.17, 15) is 18.0 Å². The number of halogens is 6. The van der Waals surface area contributed by atoms with Gasteiger partial charge in [0.1, 0.15) is 0 Å². The maximum absolute atomic E-state index is 13.0. The molecule has 0 aliphatic heterocycles. The summed E-state index contributed by atoms with van der Waals surface area (Å²) in [5, 5.41) is 2.19. The minimum Gasteiger partial charge on any atom is -0.494 e. The van der Waals surface area contributed by atoms with E-state index >= 15 is 0 Å². The van der Waals surface area contributed by atoms with E-state index in [0.29, 0.717) is 0 Å². The smallest absolute Gasteiger partial charge is 0.418 e. The molecule has 0 spiro atoms. The minimum atomic E-state index is -4.68. The zero-order valence-electron chi connectivity index (χ0n) is 12.0. The molecule has 24 heavy (non-hydrogen) atoms. The van der Waals surface area contributed by atoms with Crippen LogP contribution in [0.4, 0.5) is 18.9 Å². The Hall–Kier alpha value is -1.63. The fraction of sp³-hybridized carbons (Fsp3) is 0.133. The molecule has 9 heteroatoms. The van der Waals surface area contributed by atoms with Crippen LogP contribution in [0.25, 0.3) is 0 Å². The van der Waals surface area contributed by atoms with Crippen LogP contribution in [0.3, 0.4) is 0 Å². The largest absolute Gasteiger partial charge is 0.494 e. The van der Waals surface area contributed by atoms with E-state index in [1.54, 1.807) is 0 Å². The van der Waals surface area contributed by atoms with Crippen LogP contribution in [0.15, 0.2) is 30.3 Å². The molecule has 0 saturated carbocycles. The topological polar surface area (TPSA) is 38.3 Å². The van der Waals surface area contributed by atoms with Crippen LogP contribution in [-0.2, 0) is 6.18 Å². The summed E-state index contributed by atoms with van der Waals surface area (Å²) in [5.74, 6) is -0.647. The Morgan fingerprint density at radius 2 is 1.67 bits per heavy atom. The van der Waals surface area contributed by atoms with Gasteiger partial charge in [0.15, 0.2) is 5.75 Å². The van der Waals surface area contributed by atoms with E-state index in [4.69, 9.17) is 39.5 Å². The predicted octanol–water partition coefficient (Wildman–Crippen LogP) is 5.93. The molecule has 1 N–H and O–H groups in total. The monoisotopic (exact) mass is 397 g/mol. The minimum absolute atomic E-state index is 0.0196. The lowest BCUT2D eigenvalue weighted by atomic mass is 10.1. The van der Waals surface area contributed by atoms with Gasteiger partial charge in [0.2, 0.25) is 0 Å². The van der Waals surface area contributed by atoms with Gasteiger partial charge in [0, 0.05) is 10.6 Å². The van der Waals surface area contributed by atoms with Gasteiger partial charge < -0.3 is 10.1 Å². The number of hydrogen-bond donors (Lipinski definition) is 1. The lowest BCUT2D eigenvalue weighted by Crippen LogP contribution is -2.16. The summed E-state index contributed by atoms with van der Waals surface area (Å²) in [4.78, 5) is 12.2. The molecule has 0 fully saturated rings. The number of amides is 1. The highest BCUT2D eigenvalue weighted by atomic mass is 35.5. The van der Waals surface area contributed by atoms with Gasteiger partial charge >= 0.3 is 6.18 Å². The van der Waals surface area contributed by atoms with Crippen molar-refractivity contribution in [2.75, 3.05) is 12.4 Å². The molecule has 0 aliphatic rings. The number of carbonyl (C=O) groups excluding carboxylic acids is 1. The first kappa shape index (κ1) is 18.7. The van der Waals surface area contributed by atoms with Crippen molar-refractivity contribution in [3.8, 4) is 5.75 Å². The molecule has 0 heterocycles. The van der Waals surface area contributed by atoms with Crippen LogP contribution in [0.5, 0.6) is 5.75 Å². The highest BCUT2D eigenvalue weighted by molar-refractivity contribution is 6.37. The average molecular weight is 399 g/mol. The van der Waals surface area contributed by atoms with Crippen LogP contribution >= 0.6 is 34.8 Å². The van der Waals surface area contributed by atoms with Gasteiger partial charge in [0.05, 0.1) is 28.4 Å². The van der Waals surface area contributed by atoms with Crippen molar-refractivity contribution in [3.05, 3.63) is 56.5 Å². The highest BCUT2D eigenvalue weighted by Crippen LogP contribution is 2.37. The number of methoxy groups -OCH3 is 1. The molecule has 2 aromatic carbocycles. The second kappa shape index (κ2) is 7.09. The van der Waals surface area contributed by atoms with Crippen molar-refractivity contribution < 1.29 is 22.7 Å². The Labute approximate surface area is 150 Å². The number of nitrogens with one attached hydrogen (secondary N) is 1. The highest BCUT2D eigenvalue weighted by Gasteiger charge is 2.34. The Morgan fingerprint density at radius 3 is 2.17 bits per heavy atom. The molecule has 128 valence electrons. The number of hydrogen-bond acceptors (Lipinski definition) is 2. The molecular weight excluding hydrogens is 390 g/mol. The third-order valence-corrected chi connectivity index (χ3v) is 3.80. The first-order valence-corrected chi connectivity index (χ1v) is 7.48. The molecule has 3 nitrogen and oxygen atoms in total. The van der Waals surface area contributed by atoms with Crippen molar-refractivity contribution in [2.24, 2.45) is 0 Å². The van der Waals surface area contributed by atoms with E-state index in [2.05, 4.69) is 5.32 Å². The molecule has 0 unspecified atom stereocenters. The lowest BCUT2D eigenvalue weighted by molar-refractivity contribution is -0.136. The van der Waals surface area contributed by atoms with Crippen molar-refractivity contribution in [1.82, 2.24) is 0 Å². The van der Waals surface area contributed by atoms with E-state index in [-0.39, 0.29) is 26.4 Å². The van der Waals surface area contributed by atoms with Gasteiger partial charge in [-0.3, -0.25) is 4.79 Å². The number of rotatable bonds is 3. The van der Waals surface area contributed by atoms with Crippen LogP contribution in [0, 0.1) is 0 Å². The predicted molar refractivity (Wildman–Crippen MR) is 87.4 cm³/mol. The Balaban J connectivity index is 2.38. The van der Waals surface area contributed by atoms with Crippen LogP contribution < -0.4 is 10.1 Å². The summed E-state index contributed by atoms with van der Waals surface area (Å²) >= 11 is 17.4. The van der Waals surface area contributed by atoms with Crippen LogP contribution in [0.1, 0.15) is 15.9 Å². The molecule has 0 bridgehead atoms. The average Bonchev–Trinajstić information content (AvgIpc) is 2.47. The summed E-state index contributed by atoms with van der Waals surface area (Å²) in [6.45, 7) is 0. The second-order valence-corrected chi connectivity index (χ2v) is 5.87. The summed E-state index contributed by atoms with van der Waals surface area (Å²) in [5.41, 5.74) is -1.51. The van der Waals surface area contributed by atoms with Gasteiger partial charge in [0.25, 0.3) is 5.91 Å². The summed E-state index contributed by atoms with van der Waals surface area (Å²) < 4.78 is 44.1. The van der Waals surface area contributed by atoms with Gasteiger partial charge in [-0.2, -0.15) is 13.2 Å². The van der Waals surface area contributed by atoms with Crippen molar-refractivity contribution in [2.45, 2.75) is 6.18 Å². The van der Waals surface area contributed by atoms with Crippen molar-refractivity contribution in [1.29, 1.82) is 0 Å². The number of ether oxygens (including phenoxy) is 1. The van der Waals surface area contributed by atoms with Gasteiger partial charge in [-0.15, -0.1) is 0 Å². The molecule has 0 aromatic heterocycles. The molecular formula is C15H9Cl3F3NO2. The quantitative estimate of drug-likeness (QED) is 0.696. The van der Waals surface area contributed by atoms with E-state index < -0.39 is 23.3 Å². The molecule has 2 rings (SSSR count). The first-order chi connectivity index (χ1) is 11.1. The zero-order chi connectivity index (χ0) is 18.1. The number of benzene rings is 2. The lowest BCUT2D eigenvalue weighted by Gasteiger charge is -2.15. The molecule has 0 aliphatic carbocycles. The van der Waals surface area contributed by atoms with Gasteiger partial charge in [-0.25, -0.2) is 0 Å². The summed E-state index contributed by atoms with van der Waals surface area (Å²) in [6, 6.07) is 5.51. The number of anilines is 1. The third kappa shape index (κ3) is 4.06. The number of carbonyl (C=O) groups is 1. The van der Waals surface area contributed by atoms with Crippen LogP contribution in [-0.4, -0.2) is 13.0 Å². The normalized spacial score (nSPS) is 11.3. The zero-order valence-corrected chi connectivity index (χ0v) is 14.2. The molecule has 0 radical (unpaired) electrons. The summed E-state index contributed by atoms with van der Waals surface area (Å²) in [6.07, 6.45) is -4.68. The van der Waals surface area contributed by atoms with E-state index in [1.807, 2.05) is 0 Å². The van der Waals surface area contributed by atoms with E-state index in [0.717, 1.165) is 12.1 Å². The molecule has 2 aromatic rings. The fourth-order valence-corrected chi connectivity index (χ4v) is 2.75. The standard InChI is InChI=1S/C15H9Cl3F3NO2/c1-24-13-10(17)4-7(5-11(13)18)14(23)22-12-3-2-8(16)6-9(12)15(19,20)21/h2-6H,1H3,(H,22,23). The Morgan fingerprint density at radius 1 is 1.08 bits per heavy atom. The molecule has 0 saturated heterocycles. The maximum Gasteiger partial charge on any atom is 0.418 e. The molecule has 1 amide bonds. The van der Waals surface area contributed by atoms with Gasteiger partial charge in [-0.1, -0.05) is 34.8 Å². The SMILES string of the molecule is COc1c(Cl)cc(C(=O)Nc2ccc(Cl)cc2C(F)(F)F)cc1Cl. The second-order valence-electron chi connectivity index (χ2n) is 4.61.